The smallest absolute Gasteiger partial charge is 0.243 e. The summed E-state index contributed by atoms with van der Waals surface area (Å²) in [6.07, 6.45) is 7.54. The number of hydrogen-bond donors (Lipinski definition) is 1. The topological polar surface area (TPSA) is 78.5 Å². The highest BCUT2D eigenvalue weighted by molar-refractivity contribution is 5.91. The lowest BCUT2D eigenvalue weighted by Crippen LogP contribution is -2.38. The van der Waals surface area contributed by atoms with Gasteiger partial charge in [-0.3, -0.25) is 4.79 Å². The molecule has 0 radical (unpaired) electrons. The molecule has 8 nitrogen and oxygen atoms in total. The molecular weight excluding hydrogens is 556 g/mol. The lowest BCUT2D eigenvalue weighted by atomic mass is 10.00. The summed E-state index contributed by atoms with van der Waals surface area (Å²) in [5, 5.41) is 2.99. The van der Waals surface area contributed by atoms with Crippen LogP contribution in [0.5, 0.6) is 11.5 Å². The average molecular weight is 603 g/mol. The summed E-state index contributed by atoms with van der Waals surface area (Å²) >= 11 is 0. The Hall–Kier alpha value is -3.69. The normalized spacial score (nSPS) is 14.2. The van der Waals surface area contributed by atoms with Gasteiger partial charge < -0.3 is 33.9 Å². The van der Waals surface area contributed by atoms with Gasteiger partial charge in [-0.05, 0) is 67.1 Å². The van der Waals surface area contributed by atoms with Crippen molar-refractivity contribution in [3.05, 3.63) is 102 Å². The minimum atomic E-state index is -0.111. The van der Waals surface area contributed by atoms with Gasteiger partial charge in [0.05, 0.1) is 26.4 Å². The molecule has 236 valence electrons. The molecule has 3 aromatic rings. The second-order valence-electron chi connectivity index (χ2n) is 10.8. The highest BCUT2D eigenvalue weighted by Gasteiger charge is 2.24. The Kier molecular flexibility index (Phi) is 14.2. The number of carbonyl (C=O) groups is 1. The lowest BCUT2D eigenvalue weighted by molar-refractivity contribution is -0.116. The van der Waals surface area contributed by atoms with E-state index < -0.39 is 0 Å². The van der Waals surface area contributed by atoms with Crippen LogP contribution in [0.2, 0.25) is 0 Å². The molecule has 1 aliphatic heterocycles. The molecule has 1 amide bonds. The molecule has 0 saturated carbocycles. The number of hydrogen-bond acceptors (Lipinski definition) is 7. The largest absolute Gasteiger partial charge is 0.493 e. The Morgan fingerprint density at radius 2 is 1.61 bits per heavy atom. The lowest BCUT2D eigenvalue weighted by Gasteiger charge is -2.34. The van der Waals surface area contributed by atoms with Crippen LogP contribution in [0.4, 0.5) is 0 Å². The maximum Gasteiger partial charge on any atom is 0.243 e. The summed E-state index contributed by atoms with van der Waals surface area (Å²) in [6.45, 7) is 4.81. The molecule has 4 rings (SSSR count). The van der Waals surface area contributed by atoms with E-state index in [1.807, 2.05) is 24.3 Å². The molecule has 0 bridgehead atoms. The van der Waals surface area contributed by atoms with E-state index in [0.29, 0.717) is 31.3 Å². The average Bonchev–Trinajstić information content (AvgIpc) is 3.07. The number of amides is 1. The number of nitrogens with zero attached hydrogens (tertiary/aromatic N) is 1. The molecule has 0 aliphatic carbocycles. The SMILES string of the molecule is COCCOCOc1ccc(C=CC(=O)NCCCCN2CCC(OC(c3ccccc3)c3ccccc3)CC2)cc1OC. The van der Waals surface area contributed by atoms with Crippen molar-refractivity contribution >= 4 is 12.0 Å². The van der Waals surface area contributed by atoms with Gasteiger partial charge in [-0.15, -0.1) is 0 Å². The third kappa shape index (κ3) is 11.1. The second-order valence-corrected chi connectivity index (χ2v) is 10.8. The van der Waals surface area contributed by atoms with E-state index in [2.05, 4.69) is 58.7 Å². The number of ether oxygens (including phenoxy) is 5. The van der Waals surface area contributed by atoms with E-state index in [0.717, 1.165) is 50.9 Å². The zero-order chi connectivity index (χ0) is 30.8. The number of nitrogens with one attached hydrogen (secondary N) is 1. The van der Waals surface area contributed by atoms with Gasteiger partial charge in [-0.2, -0.15) is 0 Å². The predicted octanol–water partition coefficient (Wildman–Crippen LogP) is 5.87. The highest BCUT2D eigenvalue weighted by Crippen LogP contribution is 2.30. The molecule has 1 N–H and O–H groups in total. The molecule has 0 aromatic heterocycles. The first-order valence-electron chi connectivity index (χ1n) is 15.5. The third-order valence-corrected chi connectivity index (χ3v) is 7.61. The van der Waals surface area contributed by atoms with Gasteiger partial charge in [-0.25, -0.2) is 0 Å². The molecule has 1 heterocycles. The quantitative estimate of drug-likeness (QED) is 0.111. The first-order valence-corrected chi connectivity index (χ1v) is 15.5. The van der Waals surface area contributed by atoms with Crippen molar-refractivity contribution in [2.75, 3.05) is 60.4 Å². The Labute approximate surface area is 261 Å². The van der Waals surface area contributed by atoms with Crippen LogP contribution >= 0.6 is 0 Å². The van der Waals surface area contributed by atoms with Gasteiger partial charge >= 0.3 is 0 Å². The van der Waals surface area contributed by atoms with E-state index in [9.17, 15) is 4.79 Å². The molecule has 0 atom stereocenters. The van der Waals surface area contributed by atoms with E-state index in [1.165, 1.54) is 11.1 Å². The van der Waals surface area contributed by atoms with Gasteiger partial charge in [0, 0.05) is 32.8 Å². The number of unbranched alkanes of at least 4 members (excludes halogenated alkanes) is 1. The van der Waals surface area contributed by atoms with Crippen LogP contribution < -0.4 is 14.8 Å². The summed E-state index contributed by atoms with van der Waals surface area (Å²) in [5.41, 5.74) is 3.23. The van der Waals surface area contributed by atoms with E-state index >= 15 is 0 Å². The summed E-state index contributed by atoms with van der Waals surface area (Å²) in [6, 6.07) is 26.5. The van der Waals surface area contributed by atoms with Crippen LogP contribution in [-0.4, -0.2) is 77.3 Å². The summed E-state index contributed by atoms with van der Waals surface area (Å²) < 4.78 is 28.0. The Bertz CT molecular complexity index is 1220. The fraction of sp³-hybridized carbons (Fsp3) is 0.417. The Morgan fingerprint density at radius 3 is 2.27 bits per heavy atom. The van der Waals surface area contributed by atoms with Gasteiger partial charge in [0.15, 0.2) is 18.3 Å². The molecule has 0 spiro atoms. The van der Waals surface area contributed by atoms with Crippen molar-refractivity contribution in [3.63, 3.8) is 0 Å². The second kappa shape index (κ2) is 18.9. The maximum absolute atomic E-state index is 12.4. The van der Waals surface area contributed by atoms with Gasteiger partial charge in [-0.1, -0.05) is 66.7 Å². The van der Waals surface area contributed by atoms with E-state index in [-0.39, 0.29) is 24.9 Å². The first-order chi connectivity index (χ1) is 21.7. The minimum Gasteiger partial charge on any atom is -0.493 e. The van der Waals surface area contributed by atoms with Crippen molar-refractivity contribution in [1.29, 1.82) is 0 Å². The van der Waals surface area contributed by atoms with E-state index in [4.69, 9.17) is 23.7 Å². The number of piperidine rings is 1. The molecule has 3 aromatic carbocycles. The molecular formula is C36H46N2O6. The molecule has 1 fully saturated rings. The summed E-state index contributed by atoms with van der Waals surface area (Å²) in [5.74, 6) is 1.04. The van der Waals surface area contributed by atoms with Crippen molar-refractivity contribution in [2.45, 2.75) is 37.9 Å². The van der Waals surface area contributed by atoms with Gasteiger partial charge in [0.2, 0.25) is 5.91 Å². The van der Waals surface area contributed by atoms with Crippen molar-refractivity contribution in [1.82, 2.24) is 10.2 Å². The molecule has 0 unspecified atom stereocenters. The monoisotopic (exact) mass is 602 g/mol. The standard InChI is InChI=1S/C36H46N2O6/c1-40-25-26-42-28-43-33-17-15-29(27-34(33)41-2)16-18-35(39)37-21-9-10-22-38-23-19-32(20-24-38)44-36(30-11-5-3-6-12-30)31-13-7-4-8-14-31/h3-8,11-18,27,32,36H,9-10,19-26,28H2,1-2H3,(H,37,39). The Balaban J connectivity index is 1.11. The first kappa shape index (κ1) is 33.2. The number of rotatable bonds is 18. The number of carbonyl (C=O) groups excluding carboxylic acids is 1. The maximum atomic E-state index is 12.4. The van der Waals surface area contributed by atoms with Crippen LogP contribution in [0.15, 0.2) is 84.9 Å². The van der Waals surface area contributed by atoms with Crippen LogP contribution in [0.25, 0.3) is 6.08 Å². The van der Waals surface area contributed by atoms with Crippen molar-refractivity contribution < 1.29 is 28.5 Å². The third-order valence-electron chi connectivity index (χ3n) is 7.61. The fourth-order valence-electron chi connectivity index (χ4n) is 5.18. The number of benzene rings is 3. The van der Waals surface area contributed by atoms with Crippen LogP contribution in [0.1, 0.15) is 48.5 Å². The summed E-state index contributed by atoms with van der Waals surface area (Å²) in [4.78, 5) is 14.9. The fourth-order valence-corrected chi connectivity index (χ4v) is 5.18. The van der Waals surface area contributed by atoms with Crippen molar-refractivity contribution in [2.24, 2.45) is 0 Å². The highest BCUT2D eigenvalue weighted by atomic mass is 16.7. The van der Waals surface area contributed by atoms with Crippen LogP contribution in [0.3, 0.4) is 0 Å². The molecule has 8 heteroatoms. The molecule has 44 heavy (non-hydrogen) atoms. The Morgan fingerprint density at radius 1 is 0.909 bits per heavy atom. The number of likely N-dealkylation sites (tertiary alicyclic amines) is 1. The van der Waals surface area contributed by atoms with Crippen LogP contribution in [-0.2, 0) is 19.0 Å². The number of methoxy groups -OCH3 is 2. The van der Waals surface area contributed by atoms with Crippen LogP contribution in [0, 0.1) is 0 Å². The predicted molar refractivity (Wildman–Crippen MR) is 173 cm³/mol. The van der Waals surface area contributed by atoms with E-state index in [1.54, 1.807) is 32.4 Å². The summed E-state index contributed by atoms with van der Waals surface area (Å²) in [7, 11) is 3.20. The van der Waals surface area contributed by atoms with Gasteiger partial charge in [0.25, 0.3) is 0 Å². The molecule has 1 saturated heterocycles. The zero-order valence-corrected chi connectivity index (χ0v) is 26.0. The molecule has 1 aliphatic rings. The van der Waals surface area contributed by atoms with Crippen molar-refractivity contribution in [3.8, 4) is 11.5 Å². The van der Waals surface area contributed by atoms with Gasteiger partial charge in [0.1, 0.15) is 6.10 Å². The zero-order valence-electron chi connectivity index (χ0n) is 26.0. The minimum absolute atomic E-state index is 0.0431.